The van der Waals surface area contributed by atoms with Crippen LogP contribution >= 0.6 is 0 Å². The molecule has 3 heterocycles. The second-order valence-electron chi connectivity index (χ2n) is 15.5. The Hall–Kier alpha value is -5.81. The van der Waals surface area contributed by atoms with Crippen molar-refractivity contribution in [3.05, 3.63) is 157 Å². The second kappa shape index (κ2) is 12.5. The molecule has 7 aromatic rings. The highest BCUT2D eigenvalue weighted by molar-refractivity contribution is 6.09. The maximum atomic E-state index is 6.79. The number of benzene rings is 5. The van der Waals surface area contributed by atoms with Crippen molar-refractivity contribution >= 4 is 33.2 Å². The van der Waals surface area contributed by atoms with Crippen molar-refractivity contribution in [1.82, 2.24) is 9.55 Å². The Morgan fingerprint density at radius 1 is 0.569 bits per heavy atom. The summed E-state index contributed by atoms with van der Waals surface area (Å²) in [4.78, 5) is 9.47. The first-order chi connectivity index (χ1) is 24.5. The van der Waals surface area contributed by atoms with Crippen LogP contribution in [0.4, 0.5) is 11.4 Å². The van der Waals surface area contributed by atoms with Gasteiger partial charge in [-0.05, 0) is 81.6 Å². The van der Waals surface area contributed by atoms with Crippen LogP contribution in [-0.4, -0.2) is 16.2 Å². The average Bonchev–Trinajstić information content (AvgIpc) is 3.75. The van der Waals surface area contributed by atoms with Gasteiger partial charge in [0, 0.05) is 52.9 Å². The molecule has 0 saturated carbocycles. The summed E-state index contributed by atoms with van der Waals surface area (Å²) in [7, 11) is 0. The highest BCUT2D eigenvalue weighted by Crippen LogP contribution is 2.39. The van der Waals surface area contributed by atoms with Gasteiger partial charge in [-0.25, -0.2) is 4.98 Å². The van der Waals surface area contributed by atoms with Gasteiger partial charge in [0.2, 0.25) is 0 Å². The monoisotopic (exact) mass is 668 g/mol. The molecule has 5 heteroatoms. The fourth-order valence-electron chi connectivity index (χ4n) is 7.11. The van der Waals surface area contributed by atoms with Crippen LogP contribution in [0.3, 0.4) is 0 Å². The van der Waals surface area contributed by atoms with E-state index in [0.29, 0.717) is 6.67 Å². The predicted octanol–water partition coefficient (Wildman–Crippen LogP) is 12.0. The maximum absolute atomic E-state index is 6.79. The number of rotatable bonds is 6. The number of pyridine rings is 1. The molecule has 5 aromatic carbocycles. The lowest BCUT2D eigenvalue weighted by Crippen LogP contribution is -2.27. The number of para-hydroxylation sites is 2. The van der Waals surface area contributed by atoms with Crippen molar-refractivity contribution in [2.24, 2.45) is 0 Å². The van der Waals surface area contributed by atoms with E-state index in [1.54, 1.807) is 0 Å². The summed E-state index contributed by atoms with van der Waals surface area (Å²) in [6.45, 7) is 14.2. The molecule has 1 aliphatic heterocycles. The minimum Gasteiger partial charge on any atom is -0.457 e. The molecule has 0 spiro atoms. The van der Waals surface area contributed by atoms with E-state index in [4.69, 9.17) is 9.72 Å². The summed E-state index contributed by atoms with van der Waals surface area (Å²) < 4.78 is 9.05. The summed E-state index contributed by atoms with van der Waals surface area (Å²) in [5, 5.41) is 2.35. The molecule has 0 aliphatic carbocycles. The molecule has 0 saturated heterocycles. The maximum Gasteiger partial charge on any atom is 0.137 e. The standard InChI is InChI=1S/C46H44N4O/c1-45(2,3)34-22-23-47-44(28-34)50-41-18-12-10-16-38(41)39-21-20-36(30-43(39)50)51-37-27-33(32-14-8-7-9-15-32)26-35(29-37)48-24-25-49(31-48)42-19-13-11-17-40(42)46(4,5)6/h7-30H,31H2,1-6H3. The smallest absolute Gasteiger partial charge is 0.137 e. The molecule has 0 bridgehead atoms. The highest BCUT2D eigenvalue weighted by atomic mass is 16.5. The van der Waals surface area contributed by atoms with Gasteiger partial charge in [0.15, 0.2) is 0 Å². The largest absolute Gasteiger partial charge is 0.457 e. The first-order valence-electron chi connectivity index (χ1n) is 17.7. The predicted molar refractivity (Wildman–Crippen MR) is 213 cm³/mol. The molecule has 0 fully saturated rings. The molecule has 2 aromatic heterocycles. The van der Waals surface area contributed by atoms with Gasteiger partial charge in [-0.15, -0.1) is 0 Å². The minimum atomic E-state index is 0.00371. The number of aromatic nitrogens is 2. The Balaban J connectivity index is 1.19. The Bertz CT molecular complexity index is 2410. The lowest BCUT2D eigenvalue weighted by atomic mass is 9.85. The van der Waals surface area contributed by atoms with Crippen LogP contribution in [0.25, 0.3) is 38.8 Å². The van der Waals surface area contributed by atoms with E-state index in [-0.39, 0.29) is 10.8 Å². The molecule has 51 heavy (non-hydrogen) atoms. The normalized spacial score (nSPS) is 13.5. The molecule has 0 amide bonds. The van der Waals surface area contributed by atoms with Gasteiger partial charge in [0.1, 0.15) is 17.3 Å². The third-order valence-corrected chi connectivity index (χ3v) is 9.80. The Morgan fingerprint density at radius 3 is 2.10 bits per heavy atom. The van der Waals surface area contributed by atoms with Crippen molar-refractivity contribution in [2.75, 3.05) is 16.5 Å². The van der Waals surface area contributed by atoms with Crippen molar-refractivity contribution < 1.29 is 4.74 Å². The van der Waals surface area contributed by atoms with Gasteiger partial charge in [-0.1, -0.05) is 108 Å². The van der Waals surface area contributed by atoms with Gasteiger partial charge >= 0.3 is 0 Å². The number of hydrogen-bond acceptors (Lipinski definition) is 4. The summed E-state index contributed by atoms with van der Waals surface area (Å²) in [5.41, 5.74) is 9.32. The zero-order valence-corrected chi connectivity index (χ0v) is 30.3. The third kappa shape index (κ3) is 6.25. The molecule has 5 nitrogen and oxygen atoms in total. The van der Waals surface area contributed by atoms with Gasteiger partial charge in [0.05, 0.1) is 17.7 Å². The summed E-state index contributed by atoms with van der Waals surface area (Å²) >= 11 is 0. The number of fused-ring (bicyclic) bond motifs is 3. The summed E-state index contributed by atoms with van der Waals surface area (Å²) in [6.07, 6.45) is 6.26. The zero-order chi connectivity index (χ0) is 35.3. The lowest BCUT2D eigenvalue weighted by molar-refractivity contribution is 0.483. The first kappa shape index (κ1) is 32.4. The first-order valence-corrected chi connectivity index (χ1v) is 17.7. The summed E-state index contributed by atoms with van der Waals surface area (Å²) in [5.74, 6) is 2.45. The minimum absolute atomic E-state index is 0.00371. The second-order valence-corrected chi connectivity index (χ2v) is 15.5. The number of hydrogen-bond donors (Lipinski definition) is 0. The van der Waals surface area contributed by atoms with Gasteiger partial charge in [0.25, 0.3) is 0 Å². The molecule has 0 atom stereocenters. The van der Waals surface area contributed by atoms with E-state index >= 15 is 0 Å². The molecule has 0 N–H and O–H groups in total. The Kier molecular flexibility index (Phi) is 7.94. The number of anilines is 2. The lowest BCUT2D eigenvalue weighted by Gasteiger charge is -2.29. The highest BCUT2D eigenvalue weighted by Gasteiger charge is 2.24. The van der Waals surface area contributed by atoms with Crippen LogP contribution in [0.2, 0.25) is 0 Å². The topological polar surface area (TPSA) is 33.5 Å². The van der Waals surface area contributed by atoms with Crippen LogP contribution in [-0.2, 0) is 10.8 Å². The van der Waals surface area contributed by atoms with Gasteiger partial charge < -0.3 is 14.5 Å². The fraction of sp³-hybridized carbons (Fsp3) is 0.196. The molecule has 0 unspecified atom stereocenters. The third-order valence-electron chi connectivity index (χ3n) is 9.80. The van der Waals surface area contributed by atoms with E-state index < -0.39 is 0 Å². The van der Waals surface area contributed by atoms with Crippen molar-refractivity contribution in [3.63, 3.8) is 0 Å². The van der Waals surface area contributed by atoms with E-state index in [9.17, 15) is 0 Å². The van der Waals surface area contributed by atoms with Crippen LogP contribution < -0.4 is 14.5 Å². The number of ether oxygens (including phenoxy) is 1. The van der Waals surface area contributed by atoms with E-state index in [1.807, 2.05) is 6.20 Å². The SMILES string of the molecule is CC(C)(C)c1ccnc(-n2c3ccccc3c3ccc(Oc4cc(-c5ccccc5)cc(N5C=CN(c6ccccc6C(C)(C)C)C5)c4)cc32)c1. The van der Waals surface area contributed by atoms with Crippen molar-refractivity contribution in [1.29, 1.82) is 0 Å². The molecule has 8 rings (SSSR count). The van der Waals surface area contributed by atoms with Crippen molar-refractivity contribution in [2.45, 2.75) is 52.4 Å². The van der Waals surface area contributed by atoms with E-state index in [1.165, 1.54) is 22.2 Å². The molecule has 1 aliphatic rings. The van der Waals surface area contributed by atoms with Gasteiger partial charge in [-0.3, -0.25) is 4.57 Å². The van der Waals surface area contributed by atoms with Crippen molar-refractivity contribution in [3.8, 4) is 28.4 Å². The molecule has 0 radical (unpaired) electrons. The van der Waals surface area contributed by atoms with Crippen LogP contribution in [0.5, 0.6) is 11.5 Å². The quantitative estimate of drug-likeness (QED) is 0.177. The zero-order valence-electron chi connectivity index (χ0n) is 30.3. The van der Waals surface area contributed by atoms with Crippen LogP contribution in [0, 0.1) is 0 Å². The van der Waals surface area contributed by atoms with E-state index in [2.05, 4.69) is 196 Å². The molecular weight excluding hydrogens is 625 g/mol. The van der Waals surface area contributed by atoms with Gasteiger partial charge in [-0.2, -0.15) is 0 Å². The Morgan fingerprint density at radius 2 is 1.29 bits per heavy atom. The molecular formula is C46H44N4O. The molecule has 254 valence electrons. The van der Waals surface area contributed by atoms with Crippen LogP contribution in [0.1, 0.15) is 52.7 Å². The fourth-order valence-corrected chi connectivity index (χ4v) is 7.11. The average molecular weight is 669 g/mol. The number of nitrogens with zero attached hydrogens (tertiary/aromatic N) is 4. The Labute approximate surface area is 301 Å². The van der Waals surface area contributed by atoms with E-state index in [0.717, 1.165) is 50.6 Å². The summed E-state index contributed by atoms with van der Waals surface area (Å²) in [6, 6.07) is 45.0. The van der Waals surface area contributed by atoms with Crippen LogP contribution in [0.15, 0.2) is 146 Å².